The molecule has 0 fully saturated rings. The number of carbonyl (C=O) groups excluding carboxylic acids is 1. The van der Waals surface area contributed by atoms with Gasteiger partial charge in [-0.25, -0.2) is 17.9 Å². The lowest BCUT2D eigenvalue weighted by molar-refractivity contribution is 0.0783. The normalized spacial score (nSPS) is 12.2. The number of nitriles is 1. The van der Waals surface area contributed by atoms with Crippen molar-refractivity contribution in [2.45, 2.75) is 70.1 Å². The quantitative estimate of drug-likeness (QED) is 0.562. The Morgan fingerprint density at radius 2 is 1.81 bits per heavy atom. The van der Waals surface area contributed by atoms with Crippen LogP contribution in [0, 0.1) is 18.3 Å². The SMILES string of the molecule is Cc1sc(S(=O)(=O)NC(=O)Nc2c(C(C)C)ccc(C#N)c2C(C)C)cc1C(C)(C)O. The summed E-state index contributed by atoms with van der Waals surface area (Å²) in [5.41, 5.74) is 1.65. The highest BCUT2D eigenvalue weighted by Gasteiger charge is 2.28. The van der Waals surface area contributed by atoms with Crippen LogP contribution in [0.15, 0.2) is 22.4 Å². The van der Waals surface area contributed by atoms with Crippen LogP contribution < -0.4 is 10.0 Å². The summed E-state index contributed by atoms with van der Waals surface area (Å²) in [4.78, 5) is 13.4. The van der Waals surface area contributed by atoms with E-state index in [0.29, 0.717) is 27.3 Å². The molecule has 0 spiro atoms. The lowest BCUT2D eigenvalue weighted by Crippen LogP contribution is -2.34. The fourth-order valence-electron chi connectivity index (χ4n) is 3.46. The van der Waals surface area contributed by atoms with Crippen molar-refractivity contribution in [2.75, 3.05) is 5.32 Å². The first-order chi connectivity index (χ1) is 14.2. The predicted octanol–water partition coefficient (Wildman–Crippen LogP) is 4.91. The molecule has 0 saturated heterocycles. The third-order valence-electron chi connectivity index (χ3n) is 4.88. The Labute approximate surface area is 188 Å². The van der Waals surface area contributed by atoms with Crippen molar-refractivity contribution in [3.63, 3.8) is 0 Å². The molecule has 0 aliphatic carbocycles. The van der Waals surface area contributed by atoms with Crippen LogP contribution in [0.4, 0.5) is 10.5 Å². The van der Waals surface area contributed by atoms with E-state index < -0.39 is 21.7 Å². The first kappa shape index (κ1) is 24.9. The number of benzene rings is 1. The maximum atomic E-state index is 12.8. The van der Waals surface area contributed by atoms with Gasteiger partial charge in [0.05, 0.1) is 22.9 Å². The molecule has 0 aliphatic rings. The molecule has 2 rings (SSSR count). The van der Waals surface area contributed by atoms with E-state index in [0.717, 1.165) is 16.9 Å². The Balaban J connectivity index is 2.42. The Kier molecular flexibility index (Phi) is 7.21. The first-order valence-corrected chi connectivity index (χ1v) is 12.2. The fourth-order valence-corrected chi connectivity index (χ4v) is 5.96. The summed E-state index contributed by atoms with van der Waals surface area (Å²) in [5, 5.41) is 22.4. The third-order valence-corrected chi connectivity index (χ3v) is 7.74. The average molecular weight is 464 g/mol. The largest absolute Gasteiger partial charge is 0.386 e. The molecule has 168 valence electrons. The molecular weight excluding hydrogens is 434 g/mol. The fraction of sp³-hybridized carbons (Fsp3) is 0.455. The number of nitrogens with zero attached hydrogens (tertiary/aromatic N) is 1. The van der Waals surface area contributed by atoms with E-state index in [1.807, 2.05) is 27.7 Å². The standard InChI is InChI=1S/C22H29N3O4S2/c1-12(2)16-9-8-15(11-23)19(13(3)4)20(16)24-21(26)25-31(28,29)18-10-17(14(5)30-18)22(6,7)27/h8-10,12-13,27H,1-7H3,(H2,24,25,26). The molecule has 1 aromatic heterocycles. The number of hydrogen-bond donors (Lipinski definition) is 3. The molecule has 31 heavy (non-hydrogen) atoms. The molecule has 9 heteroatoms. The highest BCUT2D eigenvalue weighted by atomic mass is 32.2. The van der Waals surface area contributed by atoms with E-state index in [2.05, 4.69) is 16.1 Å². The van der Waals surface area contributed by atoms with Gasteiger partial charge in [0, 0.05) is 4.88 Å². The summed E-state index contributed by atoms with van der Waals surface area (Å²) in [5.74, 6) is -0.0130. The molecule has 2 aromatic rings. The summed E-state index contributed by atoms with van der Waals surface area (Å²) in [7, 11) is -4.14. The minimum Gasteiger partial charge on any atom is -0.386 e. The monoisotopic (exact) mass is 463 g/mol. The maximum absolute atomic E-state index is 12.8. The molecule has 0 saturated carbocycles. The van der Waals surface area contributed by atoms with E-state index in [9.17, 15) is 23.6 Å². The number of hydrogen-bond acceptors (Lipinski definition) is 6. The number of urea groups is 1. The van der Waals surface area contributed by atoms with Gasteiger partial charge in [-0.1, -0.05) is 33.8 Å². The Morgan fingerprint density at radius 1 is 1.19 bits per heavy atom. The van der Waals surface area contributed by atoms with Crippen LogP contribution in [-0.2, 0) is 15.6 Å². The van der Waals surface area contributed by atoms with E-state index in [-0.39, 0.29) is 16.0 Å². The van der Waals surface area contributed by atoms with Crippen LogP contribution in [0.3, 0.4) is 0 Å². The van der Waals surface area contributed by atoms with Gasteiger partial charge >= 0.3 is 6.03 Å². The van der Waals surface area contributed by atoms with Gasteiger partial charge in [-0.3, -0.25) is 0 Å². The van der Waals surface area contributed by atoms with Gasteiger partial charge in [0.15, 0.2) is 0 Å². The molecular formula is C22H29N3O4S2. The van der Waals surface area contributed by atoms with Crippen molar-refractivity contribution in [2.24, 2.45) is 0 Å². The number of thiophene rings is 1. The minimum atomic E-state index is -4.14. The summed E-state index contributed by atoms with van der Waals surface area (Å²) < 4.78 is 27.6. The first-order valence-electron chi connectivity index (χ1n) is 9.93. The number of carbonyl (C=O) groups is 1. The zero-order valence-electron chi connectivity index (χ0n) is 18.8. The molecule has 0 aliphatic heterocycles. The summed E-state index contributed by atoms with van der Waals surface area (Å²) in [6, 6.07) is 6.11. The number of aliphatic hydroxyl groups is 1. The highest BCUT2D eigenvalue weighted by molar-refractivity contribution is 7.92. The van der Waals surface area contributed by atoms with Gasteiger partial charge in [0.25, 0.3) is 10.0 Å². The second-order valence-corrected chi connectivity index (χ2v) is 11.7. The van der Waals surface area contributed by atoms with Crippen molar-refractivity contribution in [3.8, 4) is 6.07 Å². The average Bonchev–Trinajstić information content (AvgIpc) is 3.03. The van der Waals surface area contributed by atoms with Gasteiger partial charge in [-0.2, -0.15) is 5.26 Å². The van der Waals surface area contributed by atoms with Gasteiger partial charge in [-0.15, -0.1) is 11.3 Å². The van der Waals surface area contributed by atoms with Gasteiger partial charge < -0.3 is 10.4 Å². The molecule has 7 nitrogen and oxygen atoms in total. The molecule has 1 heterocycles. The zero-order valence-corrected chi connectivity index (χ0v) is 20.5. The third kappa shape index (κ3) is 5.45. The van der Waals surface area contributed by atoms with Crippen LogP contribution in [0.2, 0.25) is 0 Å². The van der Waals surface area contributed by atoms with E-state index in [1.165, 1.54) is 6.07 Å². The Bertz CT molecular complexity index is 1130. The van der Waals surface area contributed by atoms with Crippen LogP contribution in [-0.4, -0.2) is 19.6 Å². The number of rotatable bonds is 6. The second-order valence-electron chi connectivity index (χ2n) is 8.57. The summed E-state index contributed by atoms with van der Waals surface area (Å²) >= 11 is 0.985. The van der Waals surface area contributed by atoms with Crippen molar-refractivity contribution in [3.05, 3.63) is 45.3 Å². The van der Waals surface area contributed by atoms with Gasteiger partial charge in [0.1, 0.15) is 4.21 Å². The number of sulfonamides is 1. The molecule has 0 atom stereocenters. The number of aryl methyl sites for hydroxylation is 1. The van der Waals surface area contributed by atoms with Crippen molar-refractivity contribution in [1.82, 2.24) is 4.72 Å². The highest BCUT2D eigenvalue weighted by Crippen LogP contribution is 2.36. The molecule has 0 radical (unpaired) electrons. The van der Waals surface area contributed by atoms with Crippen LogP contribution in [0.1, 0.15) is 80.5 Å². The molecule has 2 amide bonds. The van der Waals surface area contributed by atoms with Crippen molar-refractivity contribution < 1.29 is 18.3 Å². The zero-order chi connectivity index (χ0) is 23.7. The molecule has 0 unspecified atom stereocenters. The number of anilines is 1. The maximum Gasteiger partial charge on any atom is 0.333 e. The minimum absolute atomic E-state index is 0.0476. The van der Waals surface area contributed by atoms with Gasteiger partial charge in [-0.05, 0) is 61.4 Å². The lowest BCUT2D eigenvalue weighted by Gasteiger charge is -2.21. The summed E-state index contributed by atoms with van der Waals surface area (Å²) in [6.45, 7) is 12.6. The van der Waals surface area contributed by atoms with E-state index in [4.69, 9.17) is 0 Å². The topological polar surface area (TPSA) is 119 Å². The summed E-state index contributed by atoms with van der Waals surface area (Å²) in [6.07, 6.45) is 0. The van der Waals surface area contributed by atoms with Crippen LogP contribution in [0.25, 0.3) is 0 Å². The van der Waals surface area contributed by atoms with Crippen molar-refractivity contribution in [1.29, 1.82) is 5.26 Å². The van der Waals surface area contributed by atoms with Crippen LogP contribution >= 0.6 is 11.3 Å². The van der Waals surface area contributed by atoms with Crippen LogP contribution in [0.5, 0.6) is 0 Å². The smallest absolute Gasteiger partial charge is 0.333 e. The second kappa shape index (κ2) is 8.99. The lowest BCUT2D eigenvalue weighted by atomic mass is 9.89. The van der Waals surface area contributed by atoms with E-state index in [1.54, 1.807) is 32.9 Å². The van der Waals surface area contributed by atoms with Crippen molar-refractivity contribution >= 4 is 33.1 Å². The molecule has 0 bridgehead atoms. The molecule has 3 N–H and O–H groups in total. The van der Waals surface area contributed by atoms with E-state index >= 15 is 0 Å². The molecule has 1 aromatic carbocycles. The number of amides is 2. The Morgan fingerprint density at radius 3 is 2.26 bits per heavy atom. The van der Waals surface area contributed by atoms with Gasteiger partial charge in [0.2, 0.25) is 0 Å². The number of nitrogens with one attached hydrogen (secondary N) is 2. The Hall–Kier alpha value is -2.41. The predicted molar refractivity (Wildman–Crippen MR) is 123 cm³/mol.